The highest BCUT2D eigenvalue weighted by Crippen LogP contribution is 2.14. The van der Waals surface area contributed by atoms with Crippen LogP contribution in [0.5, 0.6) is 5.75 Å². The van der Waals surface area contributed by atoms with E-state index in [1.54, 1.807) is 0 Å². The van der Waals surface area contributed by atoms with Crippen LogP contribution in [0.3, 0.4) is 0 Å². The summed E-state index contributed by atoms with van der Waals surface area (Å²) in [6.07, 6.45) is 21.4. The Morgan fingerprint density at radius 2 is 0.885 bits per heavy atom. The Bertz CT molecular complexity index is 377. The van der Waals surface area contributed by atoms with Gasteiger partial charge in [0.2, 0.25) is 0 Å². The molecule has 0 aliphatic rings. The second-order valence-corrected chi connectivity index (χ2v) is 7.54. The predicted molar refractivity (Wildman–Crippen MR) is 113 cm³/mol. The van der Waals surface area contributed by atoms with Crippen molar-refractivity contribution < 1.29 is 9.84 Å². The molecule has 0 radical (unpaired) electrons. The van der Waals surface area contributed by atoms with E-state index < -0.39 is 0 Å². The van der Waals surface area contributed by atoms with Gasteiger partial charge < -0.3 is 9.84 Å². The minimum atomic E-state index is 0.364. The fourth-order valence-electron chi connectivity index (χ4n) is 3.40. The Morgan fingerprint density at radius 1 is 0.500 bits per heavy atom. The van der Waals surface area contributed by atoms with Crippen molar-refractivity contribution in [2.45, 2.75) is 103 Å². The largest absolute Gasteiger partial charge is 0.494 e. The minimum absolute atomic E-state index is 0.364. The number of aliphatic hydroxyl groups is 1. The lowest BCUT2D eigenvalue weighted by Crippen LogP contribution is -1.96. The van der Waals surface area contributed by atoms with Crippen LogP contribution in [-0.2, 0) is 0 Å². The maximum absolute atomic E-state index is 8.73. The molecule has 1 aromatic carbocycles. The van der Waals surface area contributed by atoms with Crippen molar-refractivity contribution >= 4 is 0 Å². The lowest BCUT2D eigenvalue weighted by molar-refractivity contribution is 0.282. The first-order valence-corrected chi connectivity index (χ1v) is 11.2. The number of para-hydroxylation sites is 1. The lowest BCUT2D eigenvalue weighted by Gasteiger charge is -2.06. The van der Waals surface area contributed by atoms with Crippen molar-refractivity contribution in [1.29, 1.82) is 0 Å². The van der Waals surface area contributed by atoms with E-state index in [0.29, 0.717) is 6.61 Å². The normalized spacial score (nSPS) is 11.0. The van der Waals surface area contributed by atoms with E-state index in [2.05, 4.69) is 0 Å². The van der Waals surface area contributed by atoms with Crippen LogP contribution in [0.2, 0.25) is 0 Å². The highest BCUT2D eigenvalue weighted by molar-refractivity contribution is 5.20. The molecule has 0 aromatic heterocycles. The summed E-state index contributed by atoms with van der Waals surface area (Å²) in [5.74, 6) is 0.995. The summed E-state index contributed by atoms with van der Waals surface area (Å²) >= 11 is 0. The molecular weight excluding hydrogens is 320 g/mol. The maximum Gasteiger partial charge on any atom is 0.119 e. The fraction of sp³-hybridized carbons (Fsp3) is 0.750. The molecule has 0 saturated carbocycles. The molecule has 0 bridgehead atoms. The second-order valence-electron chi connectivity index (χ2n) is 7.54. The molecule has 2 heteroatoms. The van der Waals surface area contributed by atoms with Gasteiger partial charge in [0.15, 0.2) is 0 Å². The first kappa shape index (κ1) is 23.0. The SMILES string of the molecule is OCCCCCCCCCCCCCCCCCCOc1ccccc1. The van der Waals surface area contributed by atoms with Crippen molar-refractivity contribution in [1.82, 2.24) is 0 Å². The highest BCUT2D eigenvalue weighted by Gasteiger charge is 1.95. The average molecular weight is 363 g/mol. The van der Waals surface area contributed by atoms with Crippen molar-refractivity contribution in [3.05, 3.63) is 30.3 Å². The fourth-order valence-corrected chi connectivity index (χ4v) is 3.40. The Balaban J connectivity index is 1.68. The van der Waals surface area contributed by atoms with Crippen LogP contribution in [0, 0.1) is 0 Å². The van der Waals surface area contributed by atoms with Crippen LogP contribution in [0.1, 0.15) is 103 Å². The van der Waals surface area contributed by atoms with Crippen LogP contribution >= 0.6 is 0 Å². The molecule has 0 atom stereocenters. The van der Waals surface area contributed by atoms with Gasteiger partial charge in [-0.25, -0.2) is 0 Å². The molecule has 26 heavy (non-hydrogen) atoms. The lowest BCUT2D eigenvalue weighted by atomic mass is 10.0. The third-order valence-electron chi connectivity index (χ3n) is 5.06. The zero-order chi connectivity index (χ0) is 18.5. The summed E-state index contributed by atoms with van der Waals surface area (Å²) < 4.78 is 5.72. The number of benzene rings is 1. The molecule has 0 aliphatic heterocycles. The van der Waals surface area contributed by atoms with Gasteiger partial charge in [-0.05, 0) is 25.0 Å². The number of unbranched alkanes of at least 4 members (excludes halogenated alkanes) is 15. The molecule has 0 saturated heterocycles. The van der Waals surface area contributed by atoms with Crippen molar-refractivity contribution in [3.63, 3.8) is 0 Å². The smallest absolute Gasteiger partial charge is 0.119 e. The molecule has 0 heterocycles. The second kappa shape index (κ2) is 18.8. The van der Waals surface area contributed by atoms with Crippen LogP contribution in [0.25, 0.3) is 0 Å². The molecule has 1 N–H and O–H groups in total. The summed E-state index contributed by atoms with van der Waals surface area (Å²) in [6, 6.07) is 10.1. The number of hydrogen-bond donors (Lipinski definition) is 1. The maximum atomic E-state index is 8.73. The van der Waals surface area contributed by atoms with E-state index in [1.165, 1.54) is 96.3 Å². The Morgan fingerprint density at radius 3 is 1.31 bits per heavy atom. The third-order valence-corrected chi connectivity index (χ3v) is 5.06. The summed E-state index contributed by atoms with van der Waals surface area (Å²) in [5.41, 5.74) is 0. The standard InChI is InChI=1S/C24H42O2/c25-22-18-13-11-9-7-5-3-1-2-4-6-8-10-12-14-19-23-26-24-20-16-15-17-21-24/h15-17,20-21,25H,1-14,18-19,22-23H2. The van der Waals surface area contributed by atoms with Crippen LogP contribution in [0.15, 0.2) is 30.3 Å². The van der Waals surface area contributed by atoms with Gasteiger partial charge >= 0.3 is 0 Å². The van der Waals surface area contributed by atoms with Gasteiger partial charge in [0.05, 0.1) is 6.61 Å². The van der Waals surface area contributed by atoms with E-state index >= 15 is 0 Å². The highest BCUT2D eigenvalue weighted by atomic mass is 16.5. The number of aliphatic hydroxyl groups excluding tert-OH is 1. The average Bonchev–Trinajstić information content (AvgIpc) is 2.68. The Labute approximate surface area is 162 Å². The van der Waals surface area contributed by atoms with E-state index in [0.717, 1.165) is 18.8 Å². The van der Waals surface area contributed by atoms with E-state index in [-0.39, 0.29) is 0 Å². The monoisotopic (exact) mass is 362 g/mol. The van der Waals surface area contributed by atoms with Gasteiger partial charge in [-0.3, -0.25) is 0 Å². The van der Waals surface area contributed by atoms with Gasteiger partial charge in [-0.1, -0.05) is 108 Å². The quantitative estimate of drug-likeness (QED) is 0.262. The van der Waals surface area contributed by atoms with Gasteiger partial charge in [-0.2, -0.15) is 0 Å². The Hall–Kier alpha value is -1.02. The topological polar surface area (TPSA) is 29.5 Å². The summed E-state index contributed by atoms with van der Waals surface area (Å²) in [5, 5.41) is 8.73. The Kier molecular flexibility index (Phi) is 16.6. The van der Waals surface area contributed by atoms with Crippen LogP contribution in [0.4, 0.5) is 0 Å². The van der Waals surface area contributed by atoms with Gasteiger partial charge in [0.25, 0.3) is 0 Å². The van der Waals surface area contributed by atoms with Gasteiger partial charge in [-0.15, -0.1) is 0 Å². The number of ether oxygens (including phenoxy) is 1. The molecule has 0 aliphatic carbocycles. The number of rotatable bonds is 19. The molecule has 0 amide bonds. The van der Waals surface area contributed by atoms with E-state index in [4.69, 9.17) is 9.84 Å². The van der Waals surface area contributed by atoms with Crippen LogP contribution < -0.4 is 4.74 Å². The van der Waals surface area contributed by atoms with E-state index in [1.807, 2.05) is 30.3 Å². The van der Waals surface area contributed by atoms with Crippen molar-refractivity contribution in [2.75, 3.05) is 13.2 Å². The van der Waals surface area contributed by atoms with Crippen molar-refractivity contribution in [2.24, 2.45) is 0 Å². The molecule has 0 spiro atoms. The summed E-state index contributed by atoms with van der Waals surface area (Å²) in [4.78, 5) is 0. The van der Waals surface area contributed by atoms with E-state index in [9.17, 15) is 0 Å². The zero-order valence-corrected chi connectivity index (χ0v) is 17.0. The third kappa shape index (κ3) is 15.3. The molecule has 1 aromatic rings. The molecule has 150 valence electrons. The molecule has 0 fully saturated rings. The first-order chi connectivity index (χ1) is 12.9. The predicted octanol–water partition coefficient (Wildman–Crippen LogP) is 7.30. The van der Waals surface area contributed by atoms with Gasteiger partial charge in [0.1, 0.15) is 5.75 Å². The molecular formula is C24H42O2. The molecule has 2 nitrogen and oxygen atoms in total. The summed E-state index contributed by atoms with van der Waals surface area (Å²) in [7, 11) is 0. The number of hydrogen-bond acceptors (Lipinski definition) is 2. The summed E-state index contributed by atoms with van der Waals surface area (Å²) in [6.45, 7) is 1.22. The van der Waals surface area contributed by atoms with Crippen LogP contribution in [-0.4, -0.2) is 18.3 Å². The zero-order valence-electron chi connectivity index (χ0n) is 17.0. The first-order valence-electron chi connectivity index (χ1n) is 11.2. The minimum Gasteiger partial charge on any atom is -0.494 e. The van der Waals surface area contributed by atoms with Gasteiger partial charge in [0, 0.05) is 6.61 Å². The van der Waals surface area contributed by atoms with Crippen molar-refractivity contribution in [3.8, 4) is 5.75 Å². The molecule has 1 rings (SSSR count). The molecule has 0 unspecified atom stereocenters.